The van der Waals surface area contributed by atoms with Crippen LogP contribution in [0.1, 0.15) is 29.8 Å². The third-order valence-electron chi connectivity index (χ3n) is 2.94. The highest BCUT2D eigenvalue weighted by Crippen LogP contribution is 2.12. The van der Waals surface area contributed by atoms with E-state index < -0.39 is 0 Å². The predicted molar refractivity (Wildman–Crippen MR) is 69.9 cm³/mol. The Morgan fingerprint density at radius 2 is 2.17 bits per heavy atom. The molecule has 0 saturated carbocycles. The van der Waals surface area contributed by atoms with Gasteiger partial charge in [-0.1, -0.05) is 12.1 Å². The van der Waals surface area contributed by atoms with Crippen LogP contribution in [-0.2, 0) is 6.42 Å². The summed E-state index contributed by atoms with van der Waals surface area (Å²) in [6.45, 7) is 3.01. The van der Waals surface area contributed by atoms with E-state index in [1.165, 1.54) is 5.56 Å². The minimum atomic E-state index is 0.278. The topological polar surface area (TPSA) is 64.5 Å². The number of imidazole rings is 1. The van der Waals surface area contributed by atoms with Gasteiger partial charge < -0.3 is 10.3 Å². The van der Waals surface area contributed by atoms with Crippen molar-refractivity contribution in [1.82, 2.24) is 15.3 Å². The van der Waals surface area contributed by atoms with Crippen molar-refractivity contribution in [2.24, 2.45) is 0 Å². The fraction of sp³-hybridized carbons (Fsp3) is 0.286. The smallest absolute Gasteiger partial charge is 0.0991 e. The first-order chi connectivity index (χ1) is 8.79. The Morgan fingerprint density at radius 3 is 2.78 bits per heavy atom. The SMILES string of the molecule is CC(NCCc1cnc[nH]1)c1ccc(C#N)cc1. The fourth-order valence-corrected chi connectivity index (χ4v) is 1.81. The molecule has 4 nitrogen and oxygen atoms in total. The van der Waals surface area contributed by atoms with Gasteiger partial charge >= 0.3 is 0 Å². The standard InChI is InChI=1S/C14H16N4/c1-11(13-4-2-12(8-15)3-5-13)17-7-6-14-9-16-10-18-14/h2-5,9-11,17H,6-7H2,1H3,(H,16,18). The van der Waals surface area contributed by atoms with Gasteiger partial charge in [-0.3, -0.25) is 0 Å². The minimum absolute atomic E-state index is 0.278. The fourth-order valence-electron chi connectivity index (χ4n) is 1.81. The number of nitrogens with zero attached hydrogens (tertiary/aromatic N) is 2. The lowest BCUT2D eigenvalue weighted by atomic mass is 10.1. The Morgan fingerprint density at radius 1 is 1.39 bits per heavy atom. The number of nitrogens with one attached hydrogen (secondary N) is 2. The molecule has 1 atom stereocenters. The number of nitriles is 1. The van der Waals surface area contributed by atoms with Crippen LogP contribution < -0.4 is 5.32 Å². The third-order valence-corrected chi connectivity index (χ3v) is 2.94. The second-order valence-corrected chi connectivity index (χ2v) is 4.24. The summed E-state index contributed by atoms with van der Waals surface area (Å²) in [5.41, 5.74) is 3.02. The highest BCUT2D eigenvalue weighted by atomic mass is 14.9. The first kappa shape index (κ1) is 12.3. The number of hydrogen-bond acceptors (Lipinski definition) is 3. The Labute approximate surface area is 107 Å². The summed E-state index contributed by atoms with van der Waals surface area (Å²) < 4.78 is 0. The molecule has 0 saturated heterocycles. The van der Waals surface area contributed by atoms with Gasteiger partial charge in [0, 0.05) is 30.9 Å². The summed E-state index contributed by atoms with van der Waals surface area (Å²) in [5.74, 6) is 0. The summed E-state index contributed by atoms with van der Waals surface area (Å²) in [4.78, 5) is 7.06. The van der Waals surface area contributed by atoms with Crippen LogP contribution in [0.5, 0.6) is 0 Å². The Bertz CT molecular complexity index is 508. The molecule has 2 aromatic rings. The van der Waals surface area contributed by atoms with Crippen molar-refractivity contribution in [3.05, 3.63) is 53.6 Å². The zero-order valence-corrected chi connectivity index (χ0v) is 10.4. The quantitative estimate of drug-likeness (QED) is 0.841. The molecule has 0 spiro atoms. The van der Waals surface area contributed by atoms with E-state index in [9.17, 15) is 0 Å². The molecule has 1 aromatic carbocycles. The van der Waals surface area contributed by atoms with Gasteiger partial charge in [-0.15, -0.1) is 0 Å². The molecule has 18 heavy (non-hydrogen) atoms. The molecule has 0 fully saturated rings. The van der Waals surface area contributed by atoms with Crippen LogP contribution in [0.2, 0.25) is 0 Å². The van der Waals surface area contributed by atoms with E-state index in [4.69, 9.17) is 5.26 Å². The predicted octanol–water partition coefficient (Wildman–Crippen LogP) is 2.17. The van der Waals surface area contributed by atoms with Crippen molar-refractivity contribution in [3.8, 4) is 6.07 Å². The molecule has 2 rings (SSSR count). The van der Waals surface area contributed by atoms with Crippen LogP contribution in [0.15, 0.2) is 36.8 Å². The number of rotatable bonds is 5. The highest BCUT2D eigenvalue weighted by Gasteiger charge is 2.04. The van der Waals surface area contributed by atoms with E-state index in [1.54, 1.807) is 6.33 Å². The Hall–Kier alpha value is -2.12. The maximum Gasteiger partial charge on any atom is 0.0991 e. The summed E-state index contributed by atoms with van der Waals surface area (Å²) >= 11 is 0. The highest BCUT2D eigenvalue weighted by molar-refractivity contribution is 5.32. The van der Waals surface area contributed by atoms with E-state index in [-0.39, 0.29) is 6.04 Å². The summed E-state index contributed by atoms with van der Waals surface area (Å²) in [7, 11) is 0. The largest absolute Gasteiger partial charge is 0.348 e. The van der Waals surface area contributed by atoms with E-state index >= 15 is 0 Å². The lowest BCUT2D eigenvalue weighted by molar-refractivity contribution is 0.574. The molecule has 0 bridgehead atoms. The molecule has 1 unspecified atom stereocenters. The molecule has 1 aromatic heterocycles. The van der Waals surface area contributed by atoms with Gasteiger partial charge in [0.2, 0.25) is 0 Å². The van der Waals surface area contributed by atoms with E-state index in [0.717, 1.165) is 18.7 Å². The van der Waals surface area contributed by atoms with Gasteiger partial charge in [0.05, 0.1) is 18.0 Å². The number of H-pyrrole nitrogens is 1. The molecule has 0 aliphatic carbocycles. The lowest BCUT2D eigenvalue weighted by Gasteiger charge is -2.13. The van der Waals surface area contributed by atoms with Crippen LogP contribution in [0, 0.1) is 11.3 Å². The maximum atomic E-state index is 8.74. The van der Waals surface area contributed by atoms with Crippen LogP contribution in [-0.4, -0.2) is 16.5 Å². The van der Waals surface area contributed by atoms with E-state index in [0.29, 0.717) is 5.56 Å². The van der Waals surface area contributed by atoms with Crippen molar-refractivity contribution >= 4 is 0 Å². The Balaban J connectivity index is 1.83. The molecular weight excluding hydrogens is 224 g/mol. The first-order valence-electron chi connectivity index (χ1n) is 6.00. The number of hydrogen-bond donors (Lipinski definition) is 2. The molecule has 0 aliphatic rings. The monoisotopic (exact) mass is 240 g/mol. The summed E-state index contributed by atoms with van der Waals surface area (Å²) in [6.07, 6.45) is 4.47. The summed E-state index contributed by atoms with van der Waals surface area (Å²) in [5, 5.41) is 12.2. The second kappa shape index (κ2) is 5.99. The van der Waals surface area contributed by atoms with Crippen molar-refractivity contribution in [2.45, 2.75) is 19.4 Å². The van der Waals surface area contributed by atoms with E-state index in [2.05, 4.69) is 28.3 Å². The molecule has 4 heteroatoms. The molecule has 0 amide bonds. The number of benzene rings is 1. The van der Waals surface area contributed by atoms with Gasteiger partial charge in [0.25, 0.3) is 0 Å². The van der Waals surface area contributed by atoms with Crippen molar-refractivity contribution in [1.29, 1.82) is 5.26 Å². The zero-order chi connectivity index (χ0) is 12.8. The van der Waals surface area contributed by atoms with Gasteiger partial charge in [0.1, 0.15) is 0 Å². The average Bonchev–Trinajstić information content (AvgIpc) is 2.92. The molecule has 0 aliphatic heterocycles. The van der Waals surface area contributed by atoms with Crippen LogP contribution in [0.3, 0.4) is 0 Å². The van der Waals surface area contributed by atoms with Crippen LogP contribution >= 0.6 is 0 Å². The molecule has 92 valence electrons. The average molecular weight is 240 g/mol. The van der Waals surface area contributed by atoms with Crippen LogP contribution in [0.4, 0.5) is 0 Å². The number of aromatic nitrogens is 2. The normalized spacial score (nSPS) is 12.0. The first-order valence-corrected chi connectivity index (χ1v) is 6.00. The minimum Gasteiger partial charge on any atom is -0.348 e. The zero-order valence-electron chi connectivity index (χ0n) is 10.4. The Kier molecular flexibility index (Phi) is 4.11. The van der Waals surface area contributed by atoms with E-state index in [1.807, 2.05) is 30.5 Å². The molecule has 1 heterocycles. The lowest BCUT2D eigenvalue weighted by Crippen LogP contribution is -2.21. The van der Waals surface area contributed by atoms with Gasteiger partial charge in [-0.25, -0.2) is 4.98 Å². The van der Waals surface area contributed by atoms with Crippen molar-refractivity contribution in [3.63, 3.8) is 0 Å². The molecular formula is C14H16N4. The van der Waals surface area contributed by atoms with Gasteiger partial charge in [-0.2, -0.15) is 5.26 Å². The van der Waals surface area contributed by atoms with Crippen molar-refractivity contribution < 1.29 is 0 Å². The number of aromatic amines is 1. The second-order valence-electron chi connectivity index (χ2n) is 4.24. The van der Waals surface area contributed by atoms with Gasteiger partial charge in [0.15, 0.2) is 0 Å². The van der Waals surface area contributed by atoms with Crippen molar-refractivity contribution in [2.75, 3.05) is 6.54 Å². The van der Waals surface area contributed by atoms with Gasteiger partial charge in [-0.05, 0) is 24.6 Å². The summed E-state index contributed by atoms with van der Waals surface area (Å²) in [6, 6.07) is 10.1. The molecule has 2 N–H and O–H groups in total. The maximum absolute atomic E-state index is 8.74. The molecule has 0 radical (unpaired) electrons. The van der Waals surface area contributed by atoms with Crippen LogP contribution in [0.25, 0.3) is 0 Å². The third kappa shape index (κ3) is 3.19.